The number of carbonyl (C=O) groups is 1. The van der Waals surface area contributed by atoms with Crippen LogP contribution in [0.2, 0.25) is 0 Å². The van der Waals surface area contributed by atoms with Gasteiger partial charge in [0, 0.05) is 6.61 Å². The Hall–Kier alpha value is -0.610. The predicted molar refractivity (Wildman–Crippen MR) is 55.0 cm³/mol. The Morgan fingerprint density at radius 3 is 2.67 bits per heavy atom. The van der Waals surface area contributed by atoms with Crippen LogP contribution < -0.4 is 5.48 Å². The summed E-state index contributed by atoms with van der Waals surface area (Å²) in [4.78, 5) is 17.0. The Kier molecular flexibility index (Phi) is 3.59. The van der Waals surface area contributed by atoms with Crippen molar-refractivity contribution in [2.75, 3.05) is 6.61 Å². The second-order valence-corrected chi connectivity index (χ2v) is 4.55. The van der Waals surface area contributed by atoms with Crippen molar-refractivity contribution in [3.63, 3.8) is 0 Å². The Labute approximate surface area is 90.3 Å². The number of hydrogen-bond donors (Lipinski definition) is 1. The first-order chi connectivity index (χ1) is 7.27. The molecule has 0 aromatic rings. The number of ether oxygens (including phenoxy) is 1. The second kappa shape index (κ2) is 4.94. The van der Waals surface area contributed by atoms with Gasteiger partial charge in [-0.05, 0) is 25.2 Å². The molecule has 1 amide bonds. The molecule has 0 bridgehead atoms. The highest BCUT2D eigenvalue weighted by Gasteiger charge is 2.31. The SMILES string of the molecule is CC1CCOC1C(=O)NOC1CCCC1. The third-order valence-corrected chi connectivity index (χ3v) is 3.27. The van der Waals surface area contributed by atoms with Gasteiger partial charge < -0.3 is 4.74 Å². The first-order valence-corrected chi connectivity index (χ1v) is 5.84. The van der Waals surface area contributed by atoms with Crippen molar-refractivity contribution in [2.45, 2.75) is 51.2 Å². The fourth-order valence-electron chi connectivity index (χ4n) is 2.24. The van der Waals surface area contributed by atoms with Crippen LogP contribution in [0.1, 0.15) is 39.0 Å². The topological polar surface area (TPSA) is 47.6 Å². The average molecular weight is 213 g/mol. The molecule has 4 nitrogen and oxygen atoms in total. The first kappa shape index (κ1) is 10.9. The second-order valence-electron chi connectivity index (χ2n) is 4.55. The Balaban J connectivity index is 1.71. The van der Waals surface area contributed by atoms with Gasteiger partial charge in [-0.3, -0.25) is 9.63 Å². The molecule has 2 atom stereocenters. The van der Waals surface area contributed by atoms with E-state index in [4.69, 9.17) is 9.57 Å². The predicted octanol–water partition coefficient (Wildman–Crippen LogP) is 1.40. The van der Waals surface area contributed by atoms with E-state index in [0.29, 0.717) is 12.5 Å². The minimum absolute atomic E-state index is 0.119. The average Bonchev–Trinajstić information content (AvgIpc) is 2.84. The van der Waals surface area contributed by atoms with Gasteiger partial charge in [0.15, 0.2) is 0 Å². The van der Waals surface area contributed by atoms with Crippen molar-refractivity contribution in [1.29, 1.82) is 0 Å². The minimum Gasteiger partial charge on any atom is -0.368 e. The van der Waals surface area contributed by atoms with Gasteiger partial charge >= 0.3 is 0 Å². The summed E-state index contributed by atoms with van der Waals surface area (Å²) in [5.41, 5.74) is 2.53. The maximum atomic E-state index is 11.7. The molecular weight excluding hydrogens is 194 g/mol. The fourth-order valence-corrected chi connectivity index (χ4v) is 2.24. The molecule has 0 radical (unpaired) electrons. The number of carbonyl (C=O) groups excluding carboxylic acids is 1. The molecule has 1 aliphatic carbocycles. The standard InChI is InChI=1S/C11H19NO3/c1-8-6-7-14-10(8)11(13)12-15-9-4-2-3-5-9/h8-10H,2-7H2,1H3,(H,12,13). The highest BCUT2D eigenvalue weighted by molar-refractivity contribution is 5.80. The fraction of sp³-hybridized carbons (Fsp3) is 0.909. The lowest BCUT2D eigenvalue weighted by Gasteiger charge is -2.16. The van der Waals surface area contributed by atoms with E-state index >= 15 is 0 Å². The molecule has 2 unspecified atom stereocenters. The van der Waals surface area contributed by atoms with E-state index in [2.05, 4.69) is 5.48 Å². The molecule has 4 heteroatoms. The van der Waals surface area contributed by atoms with Crippen LogP contribution in [-0.4, -0.2) is 24.7 Å². The Morgan fingerprint density at radius 1 is 1.33 bits per heavy atom. The van der Waals surface area contributed by atoms with E-state index in [1.54, 1.807) is 0 Å². The van der Waals surface area contributed by atoms with Crippen LogP contribution >= 0.6 is 0 Å². The van der Waals surface area contributed by atoms with Crippen molar-refractivity contribution in [1.82, 2.24) is 5.48 Å². The molecule has 0 aromatic carbocycles. The summed E-state index contributed by atoms with van der Waals surface area (Å²) in [5.74, 6) is 0.184. The molecule has 2 fully saturated rings. The summed E-state index contributed by atoms with van der Waals surface area (Å²) in [6, 6.07) is 0. The smallest absolute Gasteiger partial charge is 0.272 e. The molecule has 1 aliphatic heterocycles. The van der Waals surface area contributed by atoms with Crippen LogP contribution in [0.25, 0.3) is 0 Å². The van der Waals surface area contributed by atoms with Gasteiger partial charge in [0.25, 0.3) is 5.91 Å². The first-order valence-electron chi connectivity index (χ1n) is 5.84. The zero-order valence-corrected chi connectivity index (χ0v) is 9.20. The van der Waals surface area contributed by atoms with Crippen LogP contribution in [-0.2, 0) is 14.4 Å². The number of rotatable bonds is 3. The highest BCUT2D eigenvalue weighted by atomic mass is 16.7. The third kappa shape index (κ3) is 2.69. The molecule has 1 saturated heterocycles. The van der Waals surface area contributed by atoms with Gasteiger partial charge in [-0.15, -0.1) is 0 Å². The number of hydroxylamine groups is 1. The molecule has 2 rings (SSSR count). The van der Waals surface area contributed by atoms with E-state index in [9.17, 15) is 4.79 Å². The van der Waals surface area contributed by atoms with Crippen molar-refractivity contribution in [3.8, 4) is 0 Å². The lowest BCUT2D eigenvalue weighted by molar-refractivity contribution is -0.149. The van der Waals surface area contributed by atoms with Gasteiger partial charge in [0.2, 0.25) is 0 Å². The zero-order valence-electron chi connectivity index (χ0n) is 9.20. The molecular formula is C11H19NO3. The number of nitrogens with one attached hydrogen (secondary N) is 1. The normalized spacial score (nSPS) is 32.1. The maximum absolute atomic E-state index is 11.7. The molecule has 1 N–H and O–H groups in total. The van der Waals surface area contributed by atoms with Gasteiger partial charge in [0.1, 0.15) is 6.10 Å². The summed E-state index contributed by atoms with van der Waals surface area (Å²) >= 11 is 0. The largest absolute Gasteiger partial charge is 0.368 e. The Bertz CT molecular complexity index is 226. The van der Waals surface area contributed by atoms with Crippen molar-refractivity contribution < 1.29 is 14.4 Å². The number of amides is 1. The molecule has 0 spiro atoms. The van der Waals surface area contributed by atoms with Crippen molar-refractivity contribution in [2.24, 2.45) is 5.92 Å². The lowest BCUT2D eigenvalue weighted by atomic mass is 10.0. The van der Waals surface area contributed by atoms with Crippen LogP contribution in [0.3, 0.4) is 0 Å². The van der Waals surface area contributed by atoms with Gasteiger partial charge in [-0.2, -0.15) is 0 Å². The summed E-state index contributed by atoms with van der Waals surface area (Å²) < 4.78 is 5.35. The summed E-state index contributed by atoms with van der Waals surface area (Å²) in [5, 5.41) is 0. The van der Waals surface area contributed by atoms with Crippen molar-refractivity contribution in [3.05, 3.63) is 0 Å². The van der Waals surface area contributed by atoms with Crippen LogP contribution in [0, 0.1) is 5.92 Å². The quantitative estimate of drug-likeness (QED) is 0.721. The van der Waals surface area contributed by atoms with Gasteiger partial charge in [-0.25, -0.2) is 5.48 Å². The molecule has 0 aromatic heterocycles. The van der Waals surface area contributed by atoms with E-state index < -0.39 is 0 Å². The minimum atomic E-state index is -0.314. The van der Waals surface area contributed by atoms with Crippen LogP contribution in [0.5, 0.6) is 0 Å². The van der Waals surface area contributed by atoms with E-state index in [1.807, 2.05) is 6.92 Å². The summed E-state index contributed by atoms with van der Waals surface area (Å²) in [7, 11) is 0. The molecule has 86 valence electrons. The molecule has 2 aliphatic rings. The third-order valence-electron chi connectivity index (χ3n) is 3.27. The monoisotopic (exact) mass is 213 g/mol. The molecule has 15 heavy (non-hydrogen) atoms. The lowest BCUT2D eigenvalue weighted by Crippen LogP contribution is -2.39. The molecule has 1 saturated carbocycles. The van der Waals surface area contributed by atoms with Gasteiger partial charge in [-0.1, -0.05) is 19.8 Å². The van der Waals surface area contributed by atoms with Crippen molar-refractivity contribution >= 4 is 5.91 Å². The summed E-state index contributed by atoms with van der Waals surface area (Å²) in [6.07, 6.45) is 5.38. The van der Waals surface area contributed by atoms with E-state index in [-0.39, 0.29) is 18.1 Å². The molecule has 1 heterocycles. The van der Waals surface area contributed by atoms with E-state index in [1.165, 1.54) is 12.8 Å². The zero-order chi connectivity index (χ0) is 10.7. The van der Waals surface area contributed by atoms with Gasteiger partial charge in [0.05, 0.1) is 6.10 Å². The number of hydrogen-bond acceptors (Lipinski definition) is 3. The Morgan fingerprint density at radius 2 is 2.07 bits per heavy atom. The maximum Gasteiger partial charge on any atom is 0.272 e. The van der Waals surface area contributed by atoms with E-state index in [0.717, 1.165) is 19.3 Å². The van der Waals surface area contributed by atoms with Crippen LogP contribution in [0.4, 0.5) is 0 Å². The summed E-state index contributed by atoms with van der Waals surface area (Å²) in [6.45, 7) is 2.72. The van der Waals surface area contributed by atoms with Crippen LogP contribution in [0.15, 0.2) is 0 Å². The highest BCUT2D eigenvalue weighted by Crippen LogP contribution is 2.22.